The van der Waals surface area contributed by atoms with Crippen LogP contribution in [0.2, 0.25) is 0 Å². The number of aromatic nitrogens is 4. The summed E-state index contributed by atoms with van der Waals surface area (Å²) in [5.74, 6) is 0.243. The number of rotatable bonds is 6. The average molecular weight is 339 g/mol. The van der Waals surface area contributed by atoms with E-state index in [1.807, 2.05) is 36.1 Å². The summed E-state index contributed by atoms with van der Waals surface area (Å²) in [5.41, 5.74) is 4.46. The monoisotopic (exact) mass is 339 g/mol. The Kier molecular flexibility index (Phi) is 4.58. The Morgan fingerprint density at radius 1 is 1.32 bits per heavy atom. The molecule has 3 aromatic heterocycles. The van der Waals surface area contributed by atoms with Gasteiger partial charge in [0.2, 0.25) is 0 Å². The summed E-state index contributed by atoms with van der Waals surface area (Å²) in [5, 5.41) is 8.54. The summed E-state index contributed by atoms with van der Waals surface area (Å²) in [4.78, 5) is 6.49. The molecule has 0 saturated heterocycles. The van der Waals surface area contributed by atoms with Crippen LogP contribution in [-0.2, 0) is 31.5 Å². The topological polar surface area (TPSA) is 69.2 Å². The number of ether oxygens (including phenoxy) is 1. The third-order valence-electron chi connectivity index (χ3n) is 4.48. The molecular weight excluding hydrogens is 318 g/mol. The van der Waals surface area contributed by atoms with Crippen LogP contribution in [-0.4, -0.2) is 38.0 Å². The Labute approximate surface area is 146 Å². The van der Waals surface area contributed by atoms with E-state index >= 15 is 0 Å². The SMILES string of the molecule is Cn1nnc2c1[C@@H](COCc1cccnc1)CN(Cc1ccoc1)C2. The highest BCUT2D eigenvalue weighted by Gasteiger charge is 2.30. The molecule has 1 aliphatic heterocycles. The third-order valence-corrected chi connectivity index (χ3v) is 4.48. The van der Waals surface area contributed by atoms with Crippen LogP contribution in [0.3, 0.4) is 0 Å². The third kappa shape index (κ3) is 3.62. The Hall–Kier alpha value is -2.51. The fraction of sp³-hybridized carbons (Fsp3) is 0.389. The number of pyridine rings is 1. The normalized spacial score (nSPS) is 17.6. The maximum atomic E-state index is 5.97. The van der Waals surface area contributed by atoms with E-state index in [-0.39, 0.29) is 5.92 Å². The molecule has 0 unspecified atom stereocenters. The van der Waals surface area contributed by atoms with Gasteiger partial charge in [0, 0.05) is 50.6 Å². The highest BCUT2D eigenvalue weighted by molar-refractivity contribution is 5.20. The minimum atomic E-state index is 0.243. The number of fused-ring (bicyclic) bond motifs is 1. The van der Waals surface area contributed by atoms with Gasteiger partial charge in [-0.3, -0.25) is 14.6 Å². The van der Waals surface area contributed by atoms with Crippen LogP contribution < -0.4 is 0 Å². The molecule has 0 aromatic carbocycles. The molecule has 1 aliphatic rings. The van der Waals surface area contributed by atoms with Crippen LogP contribution in [0.5, 0.6) is 0 Å². The predicted molar refractivity (Wildman–Crippen MR) is 90.5 cm³/mol. The van der Waals surface area contributed by atoms with Gasteiger partial charge in [-0.1, -0.05) is 11.3 Å². The Balaban J connectivity index is 1.44. The lowest BCUT2D eigenvalue weighted by Crippen LogP contribution is -2.35. The summed E-state index contributed by atoms with van der Waals surface area (Å²) in [6.07, 6.45) is 7.11. The van der Waals surface area contributed by atoms with E-state index in [9.17, 15) is 0 Å². The first-order chi connectivity index (χ1) is 12.3. The van der Waals surface area contributed by atoms with E-state index in [0.29, 0.717) is 13.2 Å². The first kappa shape index (κ1) is 16.0. The summed E-state index contributed by atoms with van der Waals surface area (Å²) in [7, 11) is 1.95. The molecule has 0 bridgehead atoms. The first-order valence-electron chi connectivity index (χ1n) is 8.38. The first-order valence-corrected chi connectivity index (χ1v) is 8.38. The van der Waals surface area contributed by atoms with Gasteiger partial charge in [0.15, 0.2) is 0 Å². The van der Waals surface area contributed by atoms with Crippen molar-refractivity contribution in [3.05, 3.63) is 65.6 Å². The van der Waals surface area contributed by atoms with E-state index in [1.54, 1.807) is 18.7 Å². The van der Waals surface area contributed by atoms with Gasteiger partial charge in [0.25, 0.3) is 0 Å². The van der Waals surface area contributed by atoms with E-state index in [2.05, 4.69) is 20.2 Å². The van der Waals surface area contributed by atoms with E-state index in [0.717, 1.165) is 30.9 Å². The Morgan fingerprint density at radius 2 is 2.28 bits per heavy atom. The molecule has 0 spiro atoms. The fourth-order valence-electron chi connectivity index (χ4n) is 3.39. The minimum absolute atomic E-state index is 0.243. The van der Waals surface area contributed by atoms with Gasteiger partial charge in [-0.05, 0) is 17.7 Å². The van der Waals surface area contributed by atoms with Gasteiger partial charge in [-0.15, -0.1) is 5.10 Å². The van der Waals surface area contributed by atoms with Gasteiger partial charge in [0.1, 0.15) is 5.69 Å². The summed E-state index contributed by atoms with van der Waals surface area (Å²) >= 11 is 0. The minimum Gasteiger partial charge on any atom is -0.472 e. The molecule has 0 amide bonds. The standard InChI is InChI=1S/C18H21N5O2/c1-22-18-16(13-25-11-14-3-2-5-19-7-14)9-23(10-17(18)20-21-22)8-15-4-6-24-12-15/h2-7,12,16H,8-11,13H2,1H3/t16-/m1/s1. The number of furan rings is 1. The van der Waals surface area contributed by atoms with Crippen molar-refractivity contribution in [2.24, 2.45) is 7.05 Å². The second-order valence-electron chi connectivity index (χ2n) is 6.42. The Morgan fingerprint density at radius 3 is 3.08 bits per heavy atom. The van der Waals surface area contributed by atoms with Crippen LogP contribution in [0.25, 0.3) is 0 Å². The molecule has 25 heavy (non-hydrogen) atoms. The molecule has 4 heterocycles. The number of hydrogen-bond acceptors (Lipinski definition) is 6. The zero-order chi connectivity index (χ0) is 17.1. The van der Waals surface area contributed by atoms with Crippen molar-refractivity contribution < 1.29 is 9.15 Å². The van der Waals surface area contributed by atoms with Crippen LogP contribution in [0.1, 0.15) is 28.4 Å². The fourth-order valence-corrected chi connectivity index (χ4v) is 3.39. The smallest absolute Gasteiger partial charge is 0.100 e. The second-order valence-corrected chi connectivity index (χ2v) is 6.42. The molecule has 7 heteroatoms. The molecule has 0 aliphatic carbocycles. The van der Waals surface area contributed by atoms with Crippen molar-refractivity contribution in [2.75, 3.05) is 13.2 Å². The lowest BCUT2D eigenvalue weighted by Gasteiger charge is -2.31. The van der Waals surface area contributed by atoms with Crippen molar-refractivity contribution >= 4 is 0 Å². The number of nitrogens with zero attached hydrogens (tertiary/aromatic N) is 5. The zero-order valence-corrected chi connectivity index (χ0v) is 14.2. The summed E-state index contributed by atoms with van der Waals surface area (Å²) in [6.45, 7) is 3.74. The van der Waals surface area contributed by atoms with E-state index in [1.165, 1.54) is 11.3 Å². The molecule has 0 fully saturated rings. The molecule has 3 aromatic rings. The van der Waals surface area contributed by atoms with Crippen LogP contribution >= 0.6 is 0 Å². The van der Waals surface area contributed by atoms with Gasteiger partial charge in [-0.25, -0.2) is 0 Å². The molecule has 130 valence electrons. The van der Waals surface area contributed by atoms with Crippen molar-refractivity contribution in [3.63, 3.8) is 0 Å². The molecule has 7 nitrogen and oxygen atoms in total. The molecule has 0 saturated carbocycles. The van der Waals surface area contributed by atoms with Crippen molar-refractivity contribution in [2.45, 2.75) is 25.6 Å². The largest absolute Gasteiger partial charge is 0.472 e. The number of aryl methyl sites for hydroxylation is 1. The summed E-state index contributed by atoms with van der Waals surface area (Å²) < 4.78 is 13.0. The average Bonchev–Trinajstić information content (AvgIpc) is 3.26. The van der Waals surface area contributed by atoms with Crippen LogP contribution in [0, 0.1) is 0 Å². The van der Waals surface area contributed by atoms with Crippen molar-refractivity contribution in [3.8, 4) is 0 Å². The summed E-state index contributed by atoms with van der Waals surface area (Å²) in [6, 6.07) is 5.95. The van der Waals surface area contributed by atoms with Crippen molar-refractivity contribution in [1.29, 1.82) is 0 Å². The van der Waals surface area contributed by atoms with Gasteiger partial charge in [-0.2, -0.15) is 0 Å². The highest BCUT2D eigenvalue weighted by Crippen LogP contribution is 2.28. The van der Waals surface area contributed by atoms with E-state index in [4.69, 9.17) is 9.15 Å². The quantitative estimate of drug-likeness (QED) is 0.685. The maximum absolute atomic E-state index is 5.97. The molecule has 4 rings (SSSR count). The van der Waals surface area contributed by atoms with Gasteiger partial charge < -0.3 is 9.15 Å². The lowest BCUT2D eigenvalue weighted by molar-refractivity contribution is 0.0828. The number of hydrogen-bond donors (Lipinski definition) is 0. The second kappa shape index (κ2) is 7.16. The predicted octanol–water partition coefficient (Wildman–Crippen LogP) is 2.12. The van der Waals surface area contributed by atoms with Gasteiger partial charge in [0.05, 0.1) is 31.4 Å². The Bertz CT molecular complexity index is 800. The highest BCUT2D eigenvalue weighted by atomic mass is 16.5. The van der Waals surface area contributed by atoms with Gasteiger partial charge >= 0.3 is 0 Å². The molecule has 1 atom stereocenters. The van der Waals surface area contributed by atoms with Crippen LogP contribution in [0.15, 0.2) is 47.5 Å². The van der Waals surface area contributed by atoms with Crippen LogP contribution in [0.4, 0.5) is 0 Å². The van der Waals surface area contributed by atoms with E-state index < -0.39 is 0 Å². The molecular formula is C18H21N5O2. The van der Waals surface area contributed by atoms with Crippen molar-refractivity contribution in [1.82, 2.24) is 24.9 Å². The zero-order valence-electron chi connectivity index (χ0n) is 14.2. The lowest BCUT2D eigenvalue weighted by atomic mass is 9.98. The maximum Gasteiger partial charge on any atom is 0.100 e. The molecule has 0 N–H and O–H groups in total. The molecule has 0 radical (unpaired) electrons.